The summed E-state index contributed by atoms with van der Waals surface area (Å²) >= 11 is 6.54. The van der Waals surface area contributed by atoms with Crippen LogP contribution in [-0.4, -0.2) is 60.0 Å². The number of nitrogens with zero attached hydrogens (tertiary/aromatic N) is 3. The molecule has 1 amide bonds. The second-order valence-electron chi connectivity index (χ2n) is 8.48. The van der Waals surface area contributed by atoms with E-state index in [0.717, 1.165) is 86.6 Å². The smallest absolute Gasteiger partial charge is 0.227 e. The highest BCUT2D eigenvalue weighted by Gasteiger charge is 2.27. The number of para-hydroxylation sites is 2. The second-order valence-corrected chi connectivity index (χ2v) is 8.88. The van der Waals surface area contributed by atoms with Crippen LogP contribution in [0.3, 0.4) is 0 Å². The molecule has 2 fully saturated rings. The van der Waals surface area contributed by atoms with Crippen molar-refractivity contribution in [3.63, 3.8) is 0 Å². The highest BCUT2D eigenvalue weighted by atomic mass is 35.5. The number of amides is 1. The third-order valence-corrected chi connectivity index (χ3v) is 6.74. The molecule has 1 atom stereocenters. The Morgan fingerprint density at radius 1 is 1.06 bits per heavy atom. The summed E-state index contributed by atoms with van der Waals surface area (Å²) in [4.78, 5) is 25.5. The van der Waals surface area contributed by atoms with Gasteiger partial charge in [0.15, 0.2) is 0 Å². The maximum Gasteiger partial charge on any atom is 0.227 e. The summed E-state index contributed by atoms with van der Waals surface area (Å²) in [5.74, 6) is 1.23. The first-order chi connectivity index (χ1) is 15.2. The number of carbonyl (C=O) groups is 1. The number of piperidine rings is 1. The third-order valence-electron chi connectivity index (χ3n) is 6.41. The molecule has 162 valence electrons. The van der Waals surface area contributed by atoms with E-state index in [9.17, 15) is 4.79 Å². The van der Waals surface area contributed by atoms with E-state index in [1.165, 1.54) is 0 Å². The number of H-pyrrole nitrogens is 1. The fraction of sp³-hybridized carbons (Fsp3) is 0.417. The Labute approximate surface area is 187 Å². The number of imidazole rings is 1. The maximum atomic E-state index is 13.0. The molecular weight excluding hydrogens is 410 g/mol. The van der Waals surface area contributed by atoms with Crippen molar-refractivity contribution in [1.29, 1.82) is 0 Å². The first kappa shape index (κ1) is 20.3. The van der Waals surface area contributed by atoms with Gasteiger partial charge < -0.3 is 20.1 Å². The quantitative estimate of drug-likeness (QED) is 0.651. The minimum absolute atomic E-state index is 0.135. The standard InChI is InChI=1S/C24H28ClN5O/c25-20-9-8-18(15-19(20)23-27-21-6-1-2-7-22(21)28-23)29-11-4-12-30(14-13-29)24(31)17-5-3-10-26-16-17/h1-2,6-9,15,17,26H,3-5,10-14,16H2,(H,27,28)/t17-/m1/s1. The van der Waals surface area contributed by atoms with Crippen LogP contribution in [0, 0.1) is 5.92 Å². The van der Waals surface area contributed by atoms with Gasteiger partial charge >= 0.3 is 0 Å². The van der Waals surface area contributed by atoms with Gasteiger partial charge in [-0.15, -0.1) is 0 Å². The number of anilines is 1. The van der Waals surface area contributed by atoms with Gasteiger partial charge in [-0.3, -0.25) is 4.79 Å². The van der Waals surface area contributed by atoms with Crippen molar-refractivity contribution in [3.05, 3.63) is 47.5 Å². The molecule has 2 aliphatic heterocycles. The van der Waals surface area contributed by atoms with Gasteiger partial charge in [-0.1, -0.05) is 23.7 Å². The number of carbonyl (C=O) groups excluding carboxylic acids is 1. The summed E-state index contributed by atoms with van der Waals surface area (Å²) < 4.78 is 0. The minimum atomic E-state index is 0.135. The molecular formula is C24H28ClN5O. The number of hydrogen-bond donors (Lipinski definition) is 2. The van der Waals surface area contributed by atoms with E-state index in [1.54, 1.807) is 0 Å². The van der Waals surface area contributed by atoms with Gasteiger partial charge in [-0.05, 0) is 56.1 Å². The monoisotopic (exact) mass is 437 g/mol. The lowest BCUT2D eigenvalue weighted by atomic mass is 9.98. The molecule has 2 aliphatic rings. The first-order valence-corrected chi connectivity index (χ1v) is 11.6. The Balaban J connectivity index is 1.33. The molecule has 2 saturated heterocycles. The highest BCUT2D eigenvalue weighted by Crippen LogP contribution is 2.32. The summed E-state index contributed by atoms with van der Waals surface area (Å²) in [6.07, 6.45) is 3.06. The Morgan fingerprint density at radius 3 is 2.81 bits per heavy atom. The molecule has 2 N–H and O–H groups in total. The molecule has 1 aromatic heterocycles. The summed E-state index contributed by atoms with van der Waals surface area (Å²) in [6.45, 7) is 5.19. The number of halogens is 1. The lowest BCUT2D eigenvalue weighted by Gasteiger charge is -2.29. The van der Waals surface area contributed by atoms with Crippen molar-refractivity contribution in [2.45, 2.75) is 19.3 Å². The topological polar surface area (TPSA) is 64.3 Å². The number of hydrogen-bond acceptors (Lipinski definition) is 4. The van der Waals surface area contributed by atoms with E-state index < -0.39 is 0 Å². The number of aromatic nitrogens is 2. The average Bonchev–Trinajstić information content (AvgIpc) is 3.09. The van der Waals surface area contributed by atoms with Crippen LogP contribution in [0.25, 0.3) is 22.4 Å². The van der Waals surface area contributed by atoms with Crippen molar-refractivity contribution >= 4 is 34.2 Å². The van der Waals surface area contributed by atoms with Crippen LogP contribution in [0.1, 0.15) is 19.3 Å². The van der Waals surface area contributed by atoms with Crippen LogP contribution in [0.4, 0.5) is 5.69 Å². The Morgan fingerprint density at radius 2 is 1.97 bits per heavy atom. The number of rotatable bonds is 3. The summed E-state index contributed by atoms with van der Waals surface area (Å²) in [6, 6.07) is 14.1. The fourth-order valence-electron chi connectivity index (χ4n) is 4.69. The van der Waals surface area contributed by atoms with Crippen LogP contribution >= 0.6 is 11.6 Å². The molecule has 0 radical (unpaired) electrons. The van der Waals surface area contributed by atoms with Crippen LogP contribution in [0.2, 0.25) is 5.02 Å². The number of fused-ring (bicyclic) bond motifs is 1. The van der Waals surface area contributed by atoms with Gasteiger partial charge in [0.2, 0.25) is 5.91 Å². The van der Waals surface area contributed by atoms with Crippen LogP contribution in [0.5, 0.6) is 0 Å². The fourth-order valence-corrected chi connectivity index (χ4v) is 4.90. The Bertz CT molecular complexity index is 1040. The van der Waals surface area contributed by atoms with E-state index in [2.05, 4.69) is 32.2 Å². The second kappa shape index (κ2) is 8.89. The van der Waals surface area contributed by atoms with Crippen LogP contribution < -0.4 is 10.2 Å². The normalized spacial score (nSPS) is 20.1. The van der Waals surface area contributed by atoms with Gasteiger partial charge in [-0.2, -0.15) is 0 Å². The molecule has 0 aliphatic carbocycles. The van der Waals surface area contributed by atoms with E-state index >= 15 is 0 Å². The predicted molar refractivity (Wildman–Crippen MR) is 126 cm³/mol. The lowest BCUT2D eigenvalue weighted by Crippen LogP contribution is -2.44. The molecule has 3 aromatic rings. The number of benzene rings is 2. The molecule has 0 unspecified atom stereocenters. The molecule has 3 heterocycles. The van der Waals surface area contributed by atoms with E-state index in [4.69, 9.17) is 16.6 Å². The average molecular weight is 438 g/mol. The molecule has 7 heteroatoms. The molecule has 2 aromatic carbocycles. The van der Waals surface area contributed by atoms with Gasteiger partial charge in [0.1, 0.15) is 5.82 Å². The zero-order chi connectivity index (χ0) is 21.2. The van der Waals surface area contributed by atoms with Crippen molar-refractivity contribution < 1.29 is 4.79 Å². The molecule has 0 saturated carbocycles. The first-order valence-electron chi connectivity index (χ1n) is 11.2. The zero-order valence-corrected chi connectivity index (χ0v) is 18.4. The van der Waals surface area contributed by atoms with Gasteiger partial charge in [0.25, 0.3) is 0 Å². The summed E-state index contributed by atoms with van der Waals surface area (Å²) in [5.41, 5.74) is 3.95. The zero-order valence-electron chi connectivity index (χ0n) is 17.6. The van der Waals surface area contributed by atoms with Crippen molar-refractivity contribution in [1.82, 2.24) is 20.2 Å². The van der Waals surface area contributed by atoms with Crippen molar-refractivity contribution in [3.8, 4) is 11.4 Å². The lowest BCUT2D eigenvalue weighted by molar-refractivity contribution is -0.135. The van der Waals surface area contributed by atoms with Crippen molar-refractivity contribution in [2.24, 2.45) is 5.92 Å². The third kappa shape index (κ3) is 4.27. The molecule has 0 bridgehead atoms. The van der Waals surface area contributed by atoms with Gasteiger partial charge in [0.05, 0.1) is 22.0 Å². The SMILES string of the molecule is O=C([C@@H]1CCCNC1)N1CCCN(c2ccc(Cl)c(-c3nc4ccccc4[nH]3)c2)CC1. The number of nitrogens with one attached hydrogen (secondary N) is 2. The molecule has 0 spiro atoms. The summed E-state index contributed by atoms with van der Waals surface area (Å²) in [7, 11) is 0. The maximum absolute atomic E-state index is 13.0. The van der Waals surface area contributed by atoms with Gasteiger partial charge in [0, 0.05) is 44.0 Å². The number of aromatic amines is 1. The van der Waals surface area contributed by atoms with E-state index in [1.807, 2.05) is 30.3 Å². The predicted octanol–water partition coefficient (Wildman–Crippen LogP) is 3.92. The van der Waals surface area contributed by atoms with Crippen LogP contribution in [-0.2, 0) is 4.79 Å². The largest absolute Gasteiger partial charge is 0.370 e. The van der Waals surface area contributed by atoms with Crippen LogP contribution in [0.15, 0.2) is 42.5 Å². The molecule has 6 nitrogen and oxygen atoms in total. The molecule has 5 rings (SSSR count). The Hall–Kier alpha value is -2.57. The van der Waals surface area contributed by atoms with Crippen molar-refractivity contribution in [2.75, 3.05) is 44.2 Å². The minimum Gasteiger partial charge on any atom is -0.370 e. The van der Waals surface area contributed by atoms with Gasteiger partial charge in [-0.25, -0.2) is 4.98 Å². The summed E-state index contributed by atoms with van der Waals surface area (Å²) in [5, 5.41) is 4.04. The van der Waals surface area contributed by atoms with E-state index in [-0.39, 0.29) is 5.92 Å². The Kier molecular flexibility index (Phi) is 5.83. The molecule has 31 heavy (non-hydrogen) atoms. The highest BCUT2D eigenvalue weighted by molar-refractivity contribution is 6.33. The van der Waals surface area contributed by atoms with E-state index in [0.29, 0.717) is 10.9 Å².